The number of hydrogen-bond acceptors (Lipinski definition) is 3. The molecule has 0 saturated heterocycles. The zero-order valence-electron chi connectivity index (χ0n) is 13.4. The molecule has 116 valence electrons. The van der Waals surface area contributed by atoms with Gasteiger partial charge in [0.1, 0.15) is 0 Å². The van der Waals surface area contributed by atoms with Crippen molar-refractivity contribution in [3.8, 4) is 0 Å². The maximum Gasteiger partial charge on any atom is 0.248 e. The van der Waals surface area contributed by atoms with Crippen LogP contribution in [0.1, 0.15) is 21.5 Å². The summed E-state index contributed by atoms with van der Waals surface area (Å²) in [7, 11) is 6.16. The topological polar surface area (TPSA) is 49.6 Å². The molecule has 2 N–H and O–H groups in total. The Hall–Kier alpha value is -2.33. The second-order valence-corrected chi connectivity index (χ2v) is 5.79. The number of primary amides is 1. The number of nitrogens with zero attached hydrogens (tertiary/aromatic N) is 2. The Bertz CT molecular complexity index is 618. The molecule has 0 bridgehead atoms. The van der Waals surface area contributed by atoms with Crippen LogP contribution in [-0.2, 0) is 13.1 Å². The zero-order chi connectivity index (χ0) is 16.1. The maximum atomic E-state index is 11.1. The first-order valence-electron chi connectivity index (χ1n) is 7.29. The molecule has 0 aliphatic heterocycles. The van der Waals surface area contributed by atoms with Crippen LogP contribution in [0.5, 0.6) is 0 Å². The van der Waals surface area contributed by atoms with Gasteiger partial charge in [-0.3, -0.25) is 9.69 Å². The Morgan fingerprint density at radius 2 is 1.32 bits per heavy atom. The molecule has 2 rings (SSSR count). The molecular weight excluding hydrogens is 274 g/mol. The molecule has 0 unspecified atom stereocenters. The molecule has 0 heterocycles. The van der Waals surface area contributed by atoms with Crippen molar-refractivity contribution in [1.82, 2.24) is 4.90 Å². The average Bonchev–Trinajstić information content (AvgIpc) is 2.48. The maximum absolute atomic E-state index is 11.1. The molecule has 0 aromatic heterocycles. The molecule has 2 aromatic rings. The first-order chi connectivity index (χ1) is 10.5. The van der Waals surface area contributed by atoms with Gasteiger partial charge in [0.15, 0.2) is 0 Å². The quantitative estimate of drug-likeness (QED) is 0.891. The van der Waals surface area contributed by atoms with Gasteiger partial charge in [0.2, 0.25) is 5.91 Å². The number of rotatable bonds is 6. The Kier molecular flexibility index (Phi) is 5.17. The second-order valence-electron chi connectivity index (χ2n) is 5.79. The van der Waals surface area contributed by atoms with E-state index >= 15 is 0 Å². The molecular formula is C18H23N3O. The standard InChI is InChI=1S/C18H23N3O/c1-20(2)17-10-6-15(7-11-17)13-21(3)12-14-4-8-16(9-5-14)18(19)22/h4-11H,12-13H2,1-3H3,(H2,19,22). The van der Waals surface area contributed by atoms with Gasteiger partial charge in [-0.25, -0.2) is 0 Å². The molecule has 0 atom stereocenters. The fraction of sp³-hybridized carbons (Fsp3) is 0.278. The molecule has 1 amide bonds. The van der Waals surface area contributed by atoms with Crippen LogP contribution in [-0.4, -0.2) is 32.0 Å². The lowest BCUT2D eigenvalue weighted by molar-refractivity contribution is 0.100. The molecule has 2 aromatic carbocycles. The fourth-order valence-electron chi connectivity index (χ4n) is 2.35. The van der Waals surface area contributed by atoms with Crippen LogP contribution in [0.15, 0.2) is 48.5 Å². The van der Waals surface area contributed by atoms with E-state index < -0.39 is 0 Å². The van der Waals surface area contributed by atoms with E-state index in [1.165, 1.54) is 11.3 Å². The minimum atomic E-state index is -0.388. The molecule has 4 heteroatoms. The summed E-state index contributed by atoms with van der Waals surface area (Å²) in [6, 6.07) is 16.0. The SMILES string of the molecule is CN(Cc1ccc(C(N)=O)cc1)Cc1ccc(N(C)C)cc1. The van der Waals surface area contributed by atoms with E-state index in [0.717, 1.165) is 18.7 Å². The van der Waals surface area contributed by atoms with Gasteiger partial charge in [0, 0.05) is 38.4 Å². The zero-order valence-corrected chi connectivity index (χ0v) is 13.4. The first-order valence-corrected chi connectivity index (χ1v) is 7.29. The number of carbonyl (C=O) groups is 1. The van der Waals surface area contributed by atoms with Gasteiger partial charge in [-0.1, -0.05) is 24.3 Å². The highest BCUT2D eigenvalue weighted by Crippen LogP contribution is 2.14. The summed E-state index contributed by atoms with van der Waals surface area (Å²) in [6.45, 7) is 1.71. The minimum Gasteiger partial charge on any atom is -0.378 e. The van der Waals surface area contributed by atoms with E-state index in [0.29, 0.717) is 5.56 Å². The van der Waals surface area contributed by atoms with Crippen molar-refractivity contribution in [3.05, 3.63) is 65.2 Å². The molecule has 0 fully saturated rings. The molecule has 0 aliphatic carbocycles. The van der Waals surface area contributed by atoms with Crippen LogP contribution in [0.2, 0.25) is 0 Å². The van der Waals surface area contributed by atoms with Gasteiger partial charge in [-0.05, 0) is 42.4 Å². The number of benzene rings is 2. The predicted molar refractivity (Wildman–Crippen MR) is 90.9 cm³/mol. The highest BCUT2D eigenvalue weighted by Gasteiger charge is 2.04. The number of carbonyl (C=O) groups excluding carboxylic acids is 1. The van der Waals surface area contributed by atoms with Crippen LogP contribution in [0, 0.1) is 0 Å². The van der Waals surface area contributed by atoms with E-state index in [2.05, 4.69) is 41.1 Å². The summed E-state index contributed by atoms with van der Waals surface area (Å²) in [4.78, 5) is 15.4. The number of amides is 1. The van der Waals surface area contributed by atoms with Crippen LogP contribution in [0.25, 0.3) is 0 Å². The molecule has 0 spiro atoms. The van der Waals surface area contributed by atoms with E-state index in [1.54, 1.807) is 12.1 Å². The van der Waals surface area contributed by atoms with Crippen molar-refractivity contribution in [3.63, 3.8) is 0 Å². The number of hydrogen-bond donors (Lipinski definition) is 1. The molecule has 0 radical (unpaired) electrons. The lowest BCUT2D eigenvalue weighted by Crippen LogP contribution is -2.17. The summed E-state index contributed by atoms with van der Waals surface area (Å²) >= 11 is 0. The highest BCUT2D eigenvalue weighted by atomic mass is 16.1. The molecule has 22 heavy (non-hydrogen) atoms. The molecule has 0 saturated carbocycles. The Morgan fingerprint density at radius 3 is 1.73 bits per heavy atom. The van der Waals surface area contributed by atoms with Gasteiger partial charge in [-0.15, -0.1) is 0 Å². The lowest BCUT2D eigenvalue weighted by Gasteiger charge is -2.18. The first kappa shape index (κ1) is 16.0. The Balaban J connectivity index is 1.94. The summed E-state index contributed by atoms with van der Waals surface area (Å²) in [5, 5.41) is 0. The van der Waals surface area contributed by atoms with Gasteiger partial charge in [0.25, 0.3) is 0 Å². The van der Waals surface area contributed by atoms with Crippen molar-refractivity contribution in [1.29, 1.82) is 0 Å². The molecule has 4 nitrogen and oxygen atoms in total. The minimum absolute atomic E-state index is 0.388. The Morgan fingerprint density at radius 1 is 0.864 bits per heavy atom. The highest BCUT2D eigenvalue weighted by molar-refractivity contribution is 5.92. The van der Waals surface area contributed by atoms with E-state index in [-0.39, 0.29) is 5.91 Å². The smallest absolute Gasteiger partial charge is 0.248 e. The lowest BCUT2D eigenvalue weighted by atomic mass is 10.1. The Labute approximate surface area is 132 Å². The monoisotopic (exact) mass is 297 g/mol. The molecule has 0 aliphatic rings. The van der Waals surface area contributed by atoms with E-state index in [9.17, 15) is 4.79 Å². The fourth-order valence-corrected chi connectivity index (χ4v) is 2.35. The number of nitrogens with two attached hydrogens (primary N) is 1. The van der Waals surface area contributed by atoms with Gasteiger partial charge in [-0.2, -0.15) is 0 Å². The van der Waals surface area contributed by atoms with Crippen LogP contribution >= 0.6 is 0 Å². The van der Waals surface area contributed by atoms with Crippen LogP contribution in [0.4, 0.5) is 5.69 Å². The summed E-state index contributed by atoms with van der Waals surface area (Å²) in [5.41, 5.74) is 9.44. The van der Waals surface area contributed by atoms with Crippen molar-refractivity contribution in [2.45, 2.75) is 13.1 Å². The third-order valence-corrected chi connectivity index (χ3v) is 3.60. The third kappa shape index (κ3) is 4.33. The van der Waals surface area contributed by atoms with Crippen molar-refractivity contribution >= 4 is 11.6 Å². The van der Waals surface area contributed by atoms with Crippen molar-refractivity contribution < 1.29 is 4.79 Å². The van der Waals surface area contributed by atoms with E-state index in [4.69, 9.17) is 5.73 Å². The van der Waals surface area contributed by atoms with Gasteiger partial charge >= 0.3 is 0 Å². The van der Waals surface area contributed by atoms with Crippen LogP contribution in [0.3, 0.4) is 0 Å². The second kappa shape index (κ2) is 7.09. The predicted octanol–water partition coefficient (Wildman–Crippen LogP) is 2.48. The van der Waals surface area contributed by atoms with Crippen molar-refractivity contribution in [2.75, 3.05) is 26.0 Å². The van der Waals surface area contributed by atoms with Gasteiger partial charge in [0.05, 0.1) is 0 Å². The normalized spacial score (nSPS) is 10.7. The summed E-state index contributed by atoms with van der Waals surface area (Å²) < 4.78 is 0. The summed E-state index contributed by atoms with van der Waals surface area (Å²) in [5.74, 6) is -0.388. The van der Waals surface area contributed by atoms with E-state index in [1.807, 2.05) is 26.2 Å². The average molecular weight is 297 g/mol. The van der Waals surface area contributed by atoms with Gasteiger partial charge < -0.3 is 10.6 Å². The third-order valence-electron chi connectivity index (χ3n) is 3.60. The number of anilines is 1. The largest absolute Gasteiger partial charge is 0.378 e. The van der Waals surface area contributed by atoms with Crippen LogP contribution < -0.4 is 10.6 Å². The van der Waals surface area contributed by atoms with Crippen molar-refractivity contribution in [2.24, 2.45) is 5.73 Å². The summed E-state index contributed by atoms with van der Waals surface area (Å²) in [6.07, 6.45) is 0.